The topological polar surface area (TPSA) is 118 Å². The molecule has 0 aliphatic carbocycles. The van der Waals surface area contributed by atoms with Crippen LogP contribution in [0.15, 0.2) is 23.1 Å². The third kappa shape index (κ3) is 4.69. The van der Waals surface area contributed by atoms with Crippen molar-refractivity contribution in [3.05, 3.63) is 23.2 Å². The number of hydrogen-bond donors (Lipinski definition) is 2. The second-order valence-electron chi connectivity index (χ2n) is 3.67. The smallest absolute Gasteiger partial charge is 0.320 e. The summed E-state index contributed by atoms with van der Waals surface area (Å²) in [4.78, 5) is 10.2. The summed E-state index contributed by atoms with van der Waals surface area (Å²) in [7, 11) is -7.68. The maximum absolute atomic E-state index is 11.4. The molecule has 2 N–H and O–H groups in total. The maximum Gasteiger partial charge on any atom is 0.320 e. The van der Waals surface area contributed by atoms with Crippen LogP contribution in [0.5, 0.6) is 0 Å². The average Bonchev–Trinajstić information content (AvgIpc) is 2.17. The van der Waals surface area contributed by atoms with Crippen molar-refractivity contribution in [2.24, 2.45) is 0 Å². The highest BCUT2D eigenvalue weighted by Gasteiger charge is 2.18. The lowest BCUT2D eigenvalue weighted by atomic mass is 10.3. The van der Waals surface area contributed by atoms with Crippen LogP contribution in [-0.2, 0) is 24.7 Å². The number of sulfonamides is 1. The molecule has 0 unspecified atom stereocenters. The number of carbonyl (C=O) groups is 1. The Morgan fingerprint density at radius 2 is 1.89 bits per heavy atom. The average molecular weight is 328 g/mol. The third-order valence-electron chi connectivity index (χ3n) is 1.94. The molecule has 0 aromatic heterocycles. The van der Waals surface area contributed by atoms with Crippen LogP contribution < -0.4 is 4.72 Å². The summed E-state index contributed by atoms with van der Waals surface area (Å²) >= 11 is 5.72. The van der Waals surface area contributed by atoms with Crippen LogP contribution in [0, 0.1) is 0 Å². The van der Waals surface area contributed by atoms with Gasteiger partial charge in [-0.1, -0.05) is 11.6 Å². The molecule has 0 bridgehead atoms. The fourth-order valence-corrected chi connectivity index (χ4v) is 2.95. The number of carboxylic acid groups (broad SMARTS) is 1. The van der Waals surface area contributed by atoms with Crippen molar-refractivity contribution in [3.8, 4) is 0 Å². The van der Waals surface area contributed by atoms with E-state index in [1.54, 1.807) is 0 Å². The van der Waals surface area contributed by atoms with E-state index < -0.39 is 31.6 Å². The van der Waals surface area contributed by atoms with Gasteiger partial charge in [0, 0.05) is 6.26 Å². The summed E-state index contributed by atoms with van der Waals surface area (Å²) in [5, 5.41) is 8.39. The molecule has 1 rings (SSSR count). The zero-order valence-electron chi connectivity index (χ0n) is 9.62. The number of rotatable bonds is 5. The molecular weight excluding hydrogens is 318 g/mol. The number of halogens is 1. The van der Waals surface area contributed by atoms with Gasteiger partial charge in [0.2, 0.25) is 10.0 Å². The van der Waals surface area contributed by atoms with Crippen molar-refractivity contribution in [1.29, 1.82) is 0 Å². The molecule has 7 nitrogen and oxygen atoms in total. The minimum absolute atomic E-state index is 0.0404. The molecule has 0 radical (unpaired) electrons. The van der Waals surface area contributed by atoms with Gasteiger partial charge < -0.3 is 5.11 Å². The lowest BCUT2D eigenvalue weighted by Gasteiger charge is -2.09. The lowest BCUT2D eigenvalue weighted by Crippen LogP contribution is -2.22. The van der Waals surface area contributed by atoms with Crippen molar-refractivity contribution < 1.29 is 26.7 Å². The van der Waals surface area contributed by atoms with Crippen LogP contribution in [0.2, 0.25) is 5.02 Å². The quantitative estimate of drug-likeness (QED) is 0.816. The van der Waals surface area contributed by atoms with Crippen LogP contribution >= 0.6 is 11.6 Å². The first-order valence-corrected chi connectivity index (χ1v) is 8.65. The van der Waals surface area contributed by atoms with E-state index in [1.165, 1.54) is 12.1 Å². The van der Waals surface area contributed by atoms with Gasteiger partial charge in [-0.15, -0.1) is 0 Å². The Bertz CT molecular complexity index is 710. The molecule has 0 spiro atoms. The Morgan fingerprint density at radius 1 is 1.32 bits per heavy atom. The van der Waals surface area contributed by atoms with Crippen molar-refractivity contribution in [1.82, 2.24) is 0 Å². The Labute approximate surface area is 115 Å². The summed E-state index contributed by atoms with van der Waals surface area (Å²) in [5.74, 6) is -2.69. The van der Waals surface area contributed by atoms with Gasteiger partial charge >= 0.3 is 5.97 Å². The molecule has 0 amide bonds. The zero-order chi connectivity index (χ0) is 14.8. The van der Waals surface area contributed by atoms with Gasteiger partial charge in [-0.3, -0.25) is 9.52 Å². The second-order valence-corrected chi connectivity index (χ2v) is 7.81. The molecule has 1 aromatic carbocycles. The van der Waals surface area contributed by atoms with E-state index in [0.717, 1.165) is 12.3 Å². The van der Waals surface area contributed by atoms with E-state index in [9.17, 15) is 21.6 Å². The summed E-state index contributed by atoms with van der Waals surface area (Å²) in [6, 6.07) is 3.44. The van der Waals surface area contributed by atoms with E-state index in [2.05, 4.69) is 0 Å². The van der Waals surface area contributed by atoms with Crippen molar-refractivity contribution in [3.63, 3.8) is 0 Å². The molecule has 106 valence electrons. The Morgan fingerprint density at radius 3 is 2.37 bits per heavy atom. The van der Waals surface area contributed by atoms with E-state index >= 15 is 0 Å². The highest BCUT2D eigenvalue weighted by molar-refractivity contribution is 7.93. The first kappa shape index (κ1) is 15.7. The van der Waals surface area contributed by atoms with E-state index in [0.29, 0.717) is 0 Å². The fourth-order valence-electron chi connectivity index (χ4n) is 1.18. The maximum atomic E-state index is 11.4. The highest BCUT2D eigenvalue weighted by atomic mass is 35.5. The van der Waals surface area contributed by atoms with Gasteiger partial charge in [0.1, 0.15) is 0 Å². The van der Waals surface area contributed by atoms with Crippen LogP contribution in [-0.4, -0.2) is 39.9 Å². The Balaban J connectivity index is 3.18. The molecule has 0 atom stereocenters. The monoisotopic (exact) mass is 327 g/mol. The van der Waals surface area contributed by atoms with Gasteiger partial charge in [-0.25, -0.2) is 16.8 Å². The number of anilines is 1. The number of sulfone groups is 1. The third-order valence-corrected chi connectivity index (χ3v) is 4.54. The normalized spacial score (nSPS) is 12.1. The van der Waals surface area contributed by atoms with E-state index in [-0.39, 0.29) is 15.6 Å². The number of hydrogen-bond acceptors (Lipinski definition) is 5. The second kappa shape index (κ2) is 5.35. The molecule has 0 saturated heterocycles. The molecule has 0 fully saturated rings. The molecule has 0 aliphatic heterocycles. The Kier molecular flexibility index (Phi) is 4.43. The predicted octanol–water partition coefficient (Wildman–Crippen LogP) is 0.570. The van der Waals surface area contributed by atoms with Gasteiger partial charge in [0.05, 0.1) is 15.6 Å². The largest absolute Gasteiger partial charge is 0.480 e. The fraction of sp³-hybridized carbons (Fsp3) is 0.222. The minimum Gasteiger partial charge on any atom is -0.480 e. The number of carboxylic acids is 1. The van der Waals surface area contributed by atoms with Crippen molar-refractivity contribution >= 4 is 43.1 Å². The first-order valence-electron chi connectivity index (χ1n) is 4.73. The van der Waals surface area contributed by atoms with Gasteiger partial charge in [-0.2, -0.15) is 0 Å². The molecule has 0 saturated carbocycles. The van der Waals surface area contributed by atoms with Gasteiger partial charge in [-0.05, 0) is 18.2 Å². The standard InChI is InChI=1S/C9H10ClNO6S2/c1-18(14,15)6-2-3-7(10)8(4-6)11-19(16,17)5-9(12)13/h2-4,11H,5H2,1H3,(H,12,13). The Hall–Kier alpha value is -1.32. The zero-order valence-corrected chi connectivity index (χ0v) is 12.0. The van der Waals surface area contributed by atoms with E-state index in [4.69, 9.17) is 16.7 Å². The summed E-state index contributed by atoms with van der Waals surface area (Å²) in [5.41, 5.74) is -0.189. The van der Waals surface area contributed by atoms with Crippen LogP contribution in [0.3, 0.4) is 0 Å². The summed E-state index contributed by atoms with van der Waals surface area (Å²) in [6.07, 6.45) is 0.950. The van der Waals surface area contributed by atoms with E-state index in [1.807, 2.05) is 4.72 Å². The molecule has 19 heavy (non-hydrogen) atoms. The number of nitrogens with one attached hydrogen (secondary N) is 1. The van der Waals surface area contributed by atoms with Crippen LogP contribution in [0.1, 0.15) is 0 Å². The number of aliphatic carboxylic acids is 1. The number of benzene rings is 1. The molecule has 0 aliphatic rings. The predicted molar refractivity (Wildman–Crippen MR) is 69.6 cm³/mol. The molecule has 0 heterocycles. The summed E-state index contributed by atoms with van der Waals surface area (Å²) in [6.45, 7) is 0. The minimum atomic E-state index is -4.15. The molecular formula is C9H10ClNO6S2. The highest BCUT2D eigenvalue weighted by Crippen LogP contribution is 2.26. The first-order chi connectivity index (χ1) is 8.51. The van der Waals surface area contributed by atoms with Gasteiger partial charge in [0.15, 0.2) is 15.6 Å². The van der Waals surface area contributed by atoms with Crippen LogP contribution in [0.4, 0.5) is 5.69 Å². The summed E-state index contributed by atoms with van der Waals surface area (Å²) < 4.78 is 47.4. The molecule has 10 heteroatoms. The lowest BCUT2D eigenvalue weighted by molar-refractivity contribution is -0.134. The van der Waals surface area contributed by atoms with Crippen molar-refractivity contribution in [2.75, 3.05) is 16.7 Å². The van der Waals surface area contributed by atoms with Crippen molar-refractivity contribution in [2.45, 2.75) is 4.90 Å². The van der Waals surface area contributed by atoms with Crippen LogP contribution in [0.25, 0.3) is 0 Å². The SMILES string of the molecule is CS(=O)(=O)c1ccc(Cl)c(NS(=O)(=O)CC(=O)O)c1. The van der Waals surface area contributed by atoms with Gasteiger partial charge in [0.25, 0.3) is 0 Å². The molecule has 1 aromatic rings.